The van der Waals surface area contributed by atoms with Gasteiger partial charge in [0.1, 0.15) is 0 Å². The first-order valence-corrected chi connectivity index (χ1v) is 6.98. The van der Waals surface area contributed by atoms with Crippen LogP contribution in [0.3, 0.4) is 0 Å². The quantitative estimate of drug-likeness (QED) is 0.775. The third-order valence-electron chi connectivity index (χ3n) is 3.97. The van der Waals surface area contributed by atoms with Gasteiger partial charge in [-0.1, -0.05) is 6.08 Å². The molecule has 0 aliphatic carbocycles. The molecule has 2 aliphatic heterocycles. The number of amides is 1. The minimum Gasteiger partial charge on any atom is -0.380 e. The maximum Gasteiger partial charge on any atom is 0.240 e. The minimum atomic E-state index is -0.150. The number of hydrogen-bond donors (Lipinski definition) is 2. The lowest BCUT2D eigenvalue weighted by molar-refractivity contribution is -0.133. The summed E-state index contributed by atoms with van der Waals surface area (Å²) in [6, 6.07) is -0.150. The number of nitrogens with zero attached hydrogens (tertiary/aromatic N) is 2. The minimum absolute atomic E-state index is 0.150. The van der Waals surface area contributed by atoms with E-state index in [4.69, 9.17) is 4.74 Å². The van der Waals surface area contributed by atoms with Crippen molar-refractivity contribution < 1.29 is 9.53 Å². The molecular weight excluding hydrogens is 256 g/mol. The molecule has 2 aliphatic rings. The SMILES string of the molecule is COCC1=CCN(C(=O)C2Cc3nc[nH]c3CN2)CC1. The molecule has 0 aromatic carbocycles. The van der Waals surface area contributed by atoms with Gasteiger partial charge in [-0.05, 0) is 12.0 Å². The van der Waals surface area contributed by atoms with Gasteiger partial charge < -0.3 is 14.6 Å². The second kappa shape index (κ2) is 5.76. The largest absolute Gasteiger partial charge is 0.380 e. The van der Waals surface area contributed by atoms with Crippen LogP contribution in [0.1, 0.15) is 17.8 Å². The molecule has 2 N–H and O–H groups in total. The second-order valence-electron chi connectivity index (χ2n) is 5.30. The van der Waals surface area contributed by atoms with Gasteiger partial charge in [0.05, 0.1) is 30.4 Å². The number of ether oxygens (including phenoxy) is 1. The van der Waals surface area contributed by atoms with Crippen molar-refractivity contribution in [3.8, 4) is 0 Å². The molecule has 1 aromatic rings. The fraction of sp³-hybridized carbons (Fsp3) is 0.571. The Kier molecular flexibility index (Phi) is 3.84. The number of hydrogen-bond acceptors (Lipinski definition) is 4. The molecule has 0 saturated carbocycles. The van der Waals surface area contributed by atoms with Crippen LogP contribution in [-0.4, -0.2) is 53.6 Å². The van der Waals surface area contributed by atoms with Gasteiger partial charge in [-0.15, -0.1) is 0 Å². The molecule has 108 valence electrons. The number of aromatic amines is 1. The number of methoxy groups -OCH3 is 1. The van der Waals surface area contributed by atoms with Crippen molar-refractivity contribution in [3.05, 3.63) is 29.4 Å². The molecule has 3 heterocycles. The summed E-state index contributed by atoms with van der Waals surface area (Å²) in [5.74, 6) is 0.173. The molecule has 0 spiro atoms. The fourth-order valence-corrected chi connectivity index (χ4v) is 2.79. The summed E-state index contributed by atoms with van der Waals surface area (Å²) < 4.78 is 5.13. The molecule has 6 heteroatoms. The maximum absolute atomic E-state index is 12.5. The van der Waals surface area contributed by atoms with Crippen LogP contribution in [0.5, 0.6) is 0 Å². The predicted octanol–water partition coefficient (Wildman–Crippen LogP) is 0.229. The van der Waals surface area contributed by atoms with E-state index in [9.17, 15) is 4.79 Å². The van der Waals surface area contributed by atoms with Crippen LogP contribution >= 0.6 is 0 Å². The normalized spacial score (nSPS) is 22.4. The molecule has 0 fully saturated rings. The summed E-state index contributed by atoms with van der Waals surface area (Å²) in [6.45, 7) is 2.81. The van der Waals surface area contributed by atoms with Crippen LogP contribution in [0.2, 0.25) is 0 Å². The zero-order chi connectivity index (χ0) is 13.9. The maximum atomic E-state index is 12.5. The number of fused-ring (bicyclic) bond motifs is 1. The number of nitrogens with one attached hydrogen (secondary N) is 2. The van der Waals surface area contributed by atoms with Crippen molar-refractivity contribution in [2.45, 2.75) is 25.4 Å². The summed E-state index contributed by atoms with van der Waals surface area (Å²) in [6.07, 6.45) is 5.37. The Bertz CT molecular complexity index is 523. The highest BCUT2D eigenvalue weighted by molar-refractivity contribution is 5.82. The van der Waals surface area contributed by atoms with E-state index in [0.717, 1.165) is 24.4 Å². The Morgan fingerprint density at radius 3 is 3.25 bits per heavy atom. The van der Waals surface area contributed by atoms with Gasteiger partial charge in [0.2, 0.25) is 5.91 Å². The Morgan fingerprint density at radius 1 is 1.60 bits per heavy atom. The van der Waals surface area contributed by atoms with E-state index in [2.05, 4.69) is 21.4 Å². The lowest BCUT2D eigenvalue weighted by Crippen LogP contribution is -2.50. The molecule has 0 bridgehead atoms. The van der Waals surface area contributed by atoms with Gasteiger partial charge in [0, 0.05) is 33.2 Å². The van der Waals surface area contributed by atoms with Gasteiger partial charge in [-0.3, -0.25) is 10.1 Å². The predicted molar refractivity (Wildman–Crippen MR) is 74.1 cm³/mol. The second-order valence-corrected chi connectivity index (χ2v) is 5.30. The van der Waals surface area contributed by atoms with E-state index in [0.29, 0.717) is 26.1 Å². The van der Waals surface area contributed by atoms with Crippen LogP contribution in [0.4, 0.5) is 0 Å². The number of imidazole rings is 1. The fourth-order valence-electron chi connectivity index (χ4n) is 2.79. The molecule has 0 radical (unpaired) electrons. The van der Waals surface area contributed by atoms with Gasteiger partial charge in [-0.2, -0.15) is 0 Å². The number of rotatable bonds is 3. The van der Waals surface area contributed by atoms with Gasteiger partial charge in [0.15, 0.2) is 0 Å². The topological polar surface area (TPSA) is 70.2 Å². The Morgan fingerprint density at radius 2 is 2.50 bits per heavy atom. The molecule has 1 unspecified atom stereocenters. The summed E-state index contributed by atoms with van der Waals surface area (Å²) >= 11 is 0. The third-order valence-corrected chi connectivity index (χ3v) is 3.97. The van der Waals surface area contributed by atoms with E-state index < -0.39 is 0 Å². The van der Waals surface area contributed by atoms with Gasteiger partial charge in [-0.25, -0.2) is 4.98 Å². The zero-order valence-electron chi connectivity index (χ0n) is 11.7. The molecule has 0 saturated heterocycles. The highest BCUT2D eigenvalue weighted by Crippen LogP contribution is 2.16. The van der Waals surface area contributed by atoms with Crippen molar-refractivity contribution in [1.82, 2.24) is 20.2 Å². The highest BCUT2D eigenvalue weighted by Gasteiger charge is 2.29. The average molecular weight is 276 g/mol. The van der Waals surface area contributed by atoms with Gasteiger partial charge in [0.25, 0.3) is 0 Å². The molecular formula is C14H20N4O2. The van der Waals surface area contributed by atoms with Crippen molar-refractivity contribution in [2.75, 3.05) is 26.8 Å². The van der Waals surface area contributed by atoms with Crippen LogP contribution in [0, 0.1) is 0 Å². The number of carbonyl (C=O) groups excluding carboxylic acids is 1. The highest BCUT2D eigenvalue weighted by atomic mass is 16.5. The van der Waals surface area contributed by atoms with Crippen LogP contribution in [-0.2, 0) is 22.5 Å². The van der Waals surface area contributed by atoms with Crippen molar-refractivity contribution in [1.29, 1.82) is 0 Å². The summed E-state index contributed by atoms with van der Waals surface area (Å²) in [5.41, 5.74) is 3.38. The average Bonchev–Trinajstić information content (AvgIpc) is 2.95. The lowest BCUT2D eigenvalue weighted by atomic mass is 10.0. The number of aromatic nitrogens is 2. The molecule has 1 amide bonds. The van der Waals surface area contributed by atoms with E-state index >= 15 is 0 Å². The standard InChI is InChI=1S/C14H20N4O2/c1-20-8-10-2-4-18(5-3-10)14(19)12-6-11-13(7-15-12)17-9-16-11/h2,9,12,15H,3-8H2,1H3,(H,16,17). The number of H-pyrrole nitrogens is 1. The van der Waals surface area contributed by atoms with E-state index in [1.165, 1.54) is 5.57 Å². The van der Waals surface area contributed by atoms with Crippen molar-refractivity contribution in [3.63, 3.8) is 0 Å². The molecule has 1 aromatic heterocycles. The molecule has 20 heavy (non-hydrogen) atoms. The van der Waals surface area contributed by atoms with E-state index in [-0.39, 0.29) is 11.9 Å². The monoisotopic (exact) mass is 276 g/mol. The first-order valence-electron chi connectivity index (χ1n) is 6.98. The first-order chi connectivity index (χ1) is 9.78. The zero-order valence-corrected chi connectivity index (χ0v) is 11.7. The summed E-state index contributed by atoms with van der Waals surface area (Å²) in [5, 5.41) is 3.29. The van der Waals surface area contributed by atoms with E-state index in [1.54, 1.807) is 13.4 Å². The van der Waals surface area contributed by atoms with Gasteiger partial charge >= 0.3 is 0 Å². The Hall–Kier alpha value is -1.66. The van der Waals surface area contributed by atoms with Crippen LogP contribution < -0.4 is 5.32 Å². The van der Waals surface area contributed by atoms with Crippen molar-refractivity contribution in [2.24, 2.45) is 0 Å². The molecule has 1 atom stereocenters. The third kappa shape index (κ3) is 2.62. The molecule has 3 rings (SSSR count). The Balaban J connectivity index is 1.61. The van der Waals surface area contributed by atoms with Crippen LogP contribution in [0.25, 0.3) is 0 Å². The molecule has 6 nitrogen and oxygen atoms in total. The Labute approximate surface area is 118 Å². The van der Waals surface area contributed by atoms with Crippen LogP contribution in [0.15, 0.2) is 18.0 Å². The lowest BCUT2D eigenvalue weighted by Gasteiger charge is -2.31. The number of carbonyl (C=O) groups is 1. The summed E-state index contributed by atoms with van der Waals surface area (Å²) in [7, 11) is 1.70. The first kappa shape index (κ1) is 13.3. The summed E-state index contributed by atoms with van der Waals surface area (Å²) in [4.78, 5) is 21.8. The van der Waals surface area contributed by atoms with E-state index in [1.807, 2.05) is 4.90 Å². The smallest absolute Gasteiger partial charge is 0.240 e. The van der Waals surface area contributed by atoms with Crippen molar-refractivity contribution >= 4 is 5.91 Å².